The Kier molecular flexibility index (Phi) is 4.17. The molecule has 2 aromatic rings. The van der Waals surface area contributed by atoms with Gasteiger partial charge in [0.05, 0.1) is 20.7 Å². The summed E-state index contributed by atoms with van der Waals surface area (Å²) in [6.45, 7) is 0. The summed E-state index contributed by atoms with van der Waals surface area (Å²) in [5.74, 6) is -1.59. The fraction of sp³-hybridized carbons (Fsp3) is 0. The predicted octanol–water partition coefficient (Wildman–Crippen LogP) is 4.63. The molecule has 0 aliphatic carbocycles. The molecule has 0 radical (unpaired) electrons. The number of benzene rings is 2. The van der Waals surface area contributed by atoms with Crippen LogP contribution in [0.15, 0.2) is 40.9 Å². The van der Waals surface area contributed by atoms with E-state index < -0.39 is 17.5 Å². The molecule has 98 valence electrons. The molecule has 1 amide bonds. The van der Waals surface area contributed by atoms with Crippen molar-refractivity contribution in [2.24, 2.45) is 0 Å². The molecule has 0 bridgehead atoms. The van der Waals surface area contributed by atoms with Gasteiger partial charge in [0.15, 0.2) is 0 Å². The molecule has 0 saturated carbocycles. The zero-order valence-electron chi connectivity index (χ0n) is 9.38. The lowest BCUT2D eigenvalue weighted by atomic mass is 10.2. The van der Waals surface area contributed by atoms with E-state index in [-0.39, 0.29) is 20.7 Å². The van der Waals surface area contributed by atoms with Gasteiger partial charge >= 0.3 is 0 Å². The normalized spacial score (nSPS) is 10.3. The number of anilines is 1. The van der Waals surface area contributed by atoms with Crippen molar-refractivity contribution < 1.29 is 13.6 Å². The summed E-state index contributed by atoms with van der Waals surface area (Å²) in [6.07, 6.45) is 0. The Morgan fingerprint density at radius 3 is 2.63 bits per heavy atom. The van der Waals surface area contributed by atoms with Crippen LogP contribution < -0.4 is 5.32 Å². The minimum absolute atomic E-state index is 0.0609. The van der Waals surface area contributed by atoms with E-state index in [0.29, 0.717) is 0 Å². The number of hydrogen-bond acceptors (Lipinski definition) is 1. The maximum Gasteiger partial charge on any atom is 0.256 e. The van der Waals surface area contributed by atoms with Gasteiger partial charge in [0.1, 0.15) is 11.6 Å². The summed E-state index contributed by atoms with van der Waals surface area (Å²) in [5, 5.41) is 2.56. The van der Waals surface area contributed by atoms with E-state index in [1.807, 2.05) is 0 Å². The van der Waals surface area contributed by atoms with Crippen molar-refractivity contribution in [3.63, 3.8) is 0 Å². The maximum atomic E-state index is 13.3. The standard InChI is InChI=1S/C13H7BrClF2NO/c14-12-8(2-1-3-10(12)17)13(19)18-11-5-4-7(16)6-9(11)15/h1-6H,(H,18,19). The maximum absolute atomic E-state index is 13.3. The first kappa shape index (κ1) is 14.0. The van der Waals surface area contributed by atoms with Crippen LogP contribution in [0.3, 0.4) is 0 Å². The van der Waals surface area contributed by atoms with Crippen LogP contribution >= 0.6 is 27.5 Å². The molecule has 2 nitrogen and oxygen atoms in total. The third-order valence-corrected chi connectivity index (χ3v) is 3.49. The first-order valence-electron chi connectivity index (χ1n) is 5.19. The van der Waals surface area contributed by atoms with E-state index >= 15 is 0 Å². The largest absolute Gasteiger partial charge is 0.321 e. The fourth-order valence-electron chi connectivity index (χ4n) is 1.46. The van der Waals surface area contributed by atoms with Crippen molar-refractivity contribution in [1.29, 1.82) is 0 Å². The minimum atomic E-state index is -0.544. The van der Waals surface area contributed by atoms with E-state index in [1.165, 1.54) is 30.3 Å². The lowest BCUT2D eigenvalue weighted by Crippen LogP contribution is -2.13. The molecular weight excluding hydrogens is 340 g/mol. The van der Waals surface area contributed by atoms with Crippen molar-refractivity contribution in [1.82, 2.24) is 0 Å². The van der Waals surface area contributed by atoms with Crippen LogP contribution in [0.4, 0.5) is 14.5 Å². The molecule has 0 unspecified atom stereocenters. The van der Waals surface area contributed by atoms with Gasteiger partial charge in [0.25, 0.3) is 5.91 Å². The number of rotatable bonds is 2. The van der Waals surface area contributed by atoms with E-state index in [9.17, 15) is 13.6 Å². The van der Waals surface area contributed by atoms with E-state index in [4.69, 9.17) is 11.6 Å². The van der Waals surface area contributed by atoms with Gasteiger partial charge in [-0.3, -0.25) is 4.79 Å². The van der Waals surface area contributed by atoms with Crippen molar-refractivity contribution in [2.75, 3.05) is 5.32 Å². The molecule has 6 heteroatoms. The second kappa shape index (κ2) is 5.67. The van der Waals surface area contributed by atoms with Crippen LogP contribution in [0, 0.1) is 11.6 Å². The molecule has 0 aliphatic rings. The molecule has 0 heterocycles. The molecule has 0 saturated heterocycles. The fourth-order valence-corrected chi connectivity index (χ4v) is 2.12. The number of amides is 1. The van der Waals surface area contributed by atoms with Crippen molar-refractivity contribution >= 4 is 39.1 Å². The average Bonchev–Trinajstić information content (AvgIpc) is 2.36. The molecule has 19 heavy (non-hydrogen) atoms. The van der Waals surface area contributed by atoms with E-state index in [1.54, 1.807) is 0 Å². The summed E-state index contributed by atoms with van der Waals surface area (Å²) in [6, 6.07) is 7.69. The highest BCUT2D eigenvalue weighted by molar-refractivity contribution is 9.10. The smallest absolute Gasteiger partial charge is 0.256 e. The quantitative estimate of drug-likeness (QED) is 0.844. The minimum Gasteiger partial charge on any atom is -0.321 e. The second-order valence-electron chi connectivity index (χ2n) is 3.68. The van der Waals surface area contributed by atoms with E-state index in [0.717, 1.165) is 6.07 Å². The molecule has 0 fully saturated rings. The highest BCUT2D eigenvalue weighted by atomic mass is 79.9. The first-order chi connectivity index (χ1) is 8.99. The van der Waals surface area contributed by atoms with Crippen LogP contribution in [-0.4, -0.2) is 5.91 Å². The van der Waals surface area contributed by atoms with Gasteiger partial charge in [0, 0.05) is 0 Å². The number of halogens is 4. The van der Waals surface area contributed by atoms with Gasteiger partial charge in [-0.2, -0.15) is 0 Å². The first-order valence-corrected chi connectivity index (χ1v) is 6.36. The van der Waals surface area contributed by atoms with Crippen LogP contribution in [0.25, 0.3) is 0 Å². The lowest BCUT2D eigenvalue weighted by Gasteiger charge is -2.08. The summed E-state index contributed by atoms with van der Waals surface area (Å²) in [5.41, 5.74) is 0.379. The zero-order valence-corrected chi connectivity index (χ0v) is 11.7. The van der Waals surface area contributed by atoms with Gasteiger partial charge < -0.3 is 5.32 Å². The SMILES string of the molecule is O=C(Nc1ccc(F)cc1Cl)c1cccc(F)c1Br. The summed E-state index contributed by atoms with van der Waals surface area (Å²) in [4.78, 5) is 12.0. The number of carbonyl (C=O) groups is 1. The van der Waals surface area contributed by atoms with Crippen LogP contribution in [0.2, 0.25) is 5.02 Å². The topological polar surface area (TPSA) is 29.1 Å². The van der Waals surface area contributed by atoms with Gasteiger partial charge in [-0.1, -0.05) is 17.7 Å². The Labute approximate surface area is 121 Å². The van der Waals surface area contributed by atoms with E-state index in [2.05, 4.69) is 21.2 Å². The van der Waals surface area contributed by atoms with Gasteiger partial charge in [-0.15, -0.1) is 0 Å². The molecule has 0 spiro atoms. The third-order valence-electron chi connectivity index (χ3n) is 2.38. The number of nitrogens with one attached hydrogen (secondary N) is 1. The molecular formula is C13H7BrClF2NO. The molecule has 0 aromatic heterocycles. The summed E-state index contributed by atoms with van der Waals surface area (Å²) < 4.78 is 26.2. The van der Waals surface area contributed by atoms with Gasteiger partial charge in [-0.25, -0.2) is 8.78 Å². The second-order valence-corrected chi connectivity index (χ2v) is 4.88. The van der Waals surface area contributed by atoms with Gasteiger partial charge in [0.2, 0.25) is 0 Å². The van der Waals surface area contributed by atoms with Crippen molar-refractivity contribution in [2.45, 2.75) is 0 Å². The summed E-state index contributed by atoms with van der Waals surface area (Å²) >= 11 is 8.79. The number of carbonyl (C=O) groups excluding carboxylic acids is 1. The van der Waals surface area contributed by atoms with Crippen LogP contribution in [-0.2, 0) is 0 Å². The van der Waals surface area contributed by atoms with Crippen molar-refractivity contribution in [3.05, 3.63) is 63.1 Å². The molecule has 2 rings (SSSR count). The van der Waals surface area contributed by atoms with Crippen molar-refractivity contribution in [3.8, 4) is 0 Å². The van der Waals surface area contributed by atoms with Crippen LogP contribution in [0.5, 0.6) is 0 Å². The molecule has 1 N–H and O–H groups in total. The van der Waals surface area contributed by atoms with Crippen LogP contribution in [0.1, 0.15) is 10.4 Å². The monoisotopic (exact) mass is 345 g/mol. The molecule has 0 atom stereocenters. The Balaban J connectivity index is 2.28. The zero-order chi connectivity index (χ0) is 14.0. The highest BCUT2D eigenvalue weighted by Gasteiger charge is 2.14. The number of hydrogen-bond donors (Lipinski definition) is 1. The Bertz CT molecular complexity index is 649. The third kappa shape index (κ3) is 3.11. The summed E-state index contributed by atoms with van der Waals surface area (Å²) in [7, 11) is 0. The molecule has 2 aromatic carbocycles. The Hall–Kier alpha value is -1.46. The van der Waals surface area contributed by atoms with Gasteiger partial charge in [-0.05, 0) is 46.3 Å². The predicted molar refractivity (Wildman–Crippen MR) is 73.5 cm³/mol. The lowest BCUT2D eigenvalue weighted by molar-refractivity contribution is 0.102. The average molecular weight is 347 g/mol. The Morgan fingerprint density at radius 2 is 1.95 bits per heavy atom. The Morgan fingerprint density at radius 1 is 1.21 bits per heavy atom. The highest BCUT2D eigenvalue weighted by Crippen LogP contribution is 2.25. The molecule has 0 aliphatic heterocycles.